The van der Waals surface area contributed by atoms with Crippen molar-refractivity contribution >= 4 is 28.3 Å². The van der Waals surface area contributed by atoms with E-state index in [-0.39, 0.29) is 18.1 Å². The fourth-order valence-corrected chi connectivity index (χ4v) is 4.08. The Morgan fingerprint density at radius 2 is 2.23 bits per heavy atom. The lowest BCUT2D eigenvalue weighted by molar-refractivity contribution is 0.100. The van der Waals surface area contributed by atoms with E-state index >= 15 is 0 Å². The van der Waals surface area contributed by atoms with Gasteiger partial charge in [0.1, 0.15) is 5.75 Å². The quantitative estimate of drug-likeness (QED) is 0.540. The number of aliphatic hydroxyl groups is 1. The minimum absolute atomic E-state index is 0.161. The summed E-state index contributed by atoms with van der Waals surface area (Å²) in [6.45, 7) is 0. The zero-order valence-electron chi connectivity index (χ0n) is 16.5. The number of methoxy groups -OCH3 is 1. The Hall–Kier alpha value is -3.46. The van der Waals surface area contributed by atoms with Gasteiger partial charge in [-0.3, -0.25) is 9.48 Å². The first-order valence-electron chi connectivity index (χ1n) is 9.97. The summed E-state index contributed by atoms with van der Waals surface area (Å²) in [7, 11) is 1.53. The van der Waals surface area contributed by atoms with E-state index in [0.29, 0.717) is 29.2 Å². The van der Waals surface area contributed by atoms with Crippen molar-refractivity contribution < 1.29 is 14.6 Å². The van der Waals surface area contributed by atoms with Gasteiger partial charge >= 0.3 is 0 Å². The topological polar surface area (TPSA) is 107 Å². The molecule has 1 saturated carbocycles. The van der Waals surface area contributed by atoms with Crippen molar-refractivity contribution in [3.8, 4) is 5.75 Å². The summed E-state index contributed by atoms with van der Waals surface area (Å²) in [6, 6.07) is 7.31. The van der Waals surface area contributed by atoms with Crippen LogP contribution in [0.3, 0.4) is 0 Å². The van der Waals surface area contributed by atoms with E-state index in [1.165, 1.54) is 7.11 Å². The lowest BCUT2D eigenvalue weighted by atomic mass is 9.93. The molecule has 0 saturated heterocycles. The average molecular weight is 406 g/mol. The fourth-order valence-electron chi connectivity index (χ4n) is 4.08. The summed E-state index contributed by atoms with van der Waals surface area (Å²) >= 11 is 0. The number of aliphatic hydroxyl groups excluding tert-OH is 1. The number of ether oxygens (including phenoxy) is 1. The number of carbonyl (C=O) groups is 1. The molecule has 1 amide bonds. The first-order valence-corrected chi connectivity index (χ1v) is 9.97. The fraction of sp³-hybridized carbons (Fsp3) is 0.333. The number of nitrogens with zero attached hydrogens (tertiary/aromatic N) is 5. The second kappa shape index (κ2) is 7.42. The summed E-state index contributed by atoms with van der Waals surface area (Å²) in [5.41, 5.74) is 1.80. The maximum Gasteiger partial charge on any atom is 0.260 e. The van der Waals surface area contributed by atoms with Crippen molar-refractivity contribution in [2.24, 2.45) is 0 Å². The average Bonchev–Trinajstić information content (AvgIpc) is 3.36. The summed E-state index contributed by atoms with van der Waals surface area (Å²) in [6.07, 6.45) is 8.34. The standard InChI is InChI=1S/C21H22N6O3/c1-30-18-10-17-13(12-26(25-17)14-4-2-5-15(28)9-14)8-16(18)21(29)24-20-11-22-19-6-3-7-23-27(19)20/h3,6-8,10-12,14-15,28H,2,4-5,9H2,1H3,(H,24,29)/t14-,15-/m0/s1. The third kappa shape index (κ3) is 3.26. The van der Waals surface area contributed by atoms with E-state index < -0.39 is 0 Å². The van der Waals surface area contributed by atoms with Gasteiger partial charge in [0.2, 0.25) is 0 Å². The highest BCUT2D eigenvalue weighted by Gasteiger charge is 2.23. The predicted octanol–water partition coefficient (Wildman–Crippen LogP) is 2.82. The van der Waals surface area contributed by atoms with Crippen LogP contribution in [0.1, 0.15) is 42.1 Å². The molecule has 30 heavy (non-hydrogen) atoms. The Kier molecular flexibility index (Phi) is 4.59. The number of anilines is 1. The first-order chi connectivity index (χ1) is 14.6. The van der Waals surface area contributed by atoms with Crippen molar-refractivity contribution in [1.82, 2.24) is 24.4 Å². The maximum atomic E-state index is 13.0. The zero-order valence-corrected chi connectivity index (χ0v) is 16.5. The highest BCUT2D eigenvalue weighted by molar-refractivity contribution is 6.08. The van der Waals surface area contributed by atoms with Crippen molar-refractivity contribution in [2.75, 3.05) is 12.4 Å². The summed E-state index contributed by atoms with van der Waals surface area (Å²) in [4.78, 5) is 17.3. The minimum atomic E-state index is -0.318. The van der Waals surface area contributed by atoms with Gasteiger partial charge in [0.25, 0.3) is 5.91 Å². The molecule has 1 aliphatic rings. The SMILES string of the molecule is COc1cc2nn([C@H]3CCC[C@H](O)C3)cc2cc1C(=O)Nc1cnc2cccnn12. The van der Waals surface area contributed by atoms with E-state index in [4.69, 9.17) is 4.74 Å². The molecule has 0 bridgehead atoms. The molecule has 0 spiro atoms. The molecular formula is C21H22N6O3. The molecule has 2 atom stereocenters. The predicted molar refractivity (Wildman–Crippen MR) is 111 cm³/mol. The normalized spacial score (nSPS) is 19.3. The molecule has 0 radical (unpaired) electrons. The monoisotopic (exact) mass is 406 g/mol. The smallest absolute Gasteiger partial charge is 0.260 e. The highest BCUT2D eigenvalue weighted by atomic mass is 16.5. The van der Waals surface area contributed by atoms with Crippen molar-refractivity contribution in [1.29, 1.82) is 0 Å². The van der Waals surface area contributed by atoms with Gasteiger partial charge in [0.15, 0.2) is 11.5 Å². The molecule has 154 valence electrons. The Bertz CT molecular complexity index is 1230. The Labute approximate surface area is 172 Å². The lowest BCUT2D eigenvalue weighted by Crippen LogP contribution is -2.22. The van der Waals surface area contributed by atoms with Crippen LogP contribution >= 0.6 is 0 Å². The van der Waals surface area contributed by atoms with Crippen LogP contribution in [0, 0.1) is 0 Å². The van der Waals surface area contributed by atoms with Gasteiger partial charge in [0.05, 0.1) is 36.5 Å². The van der Waals surface area contributed by atoms with Gasteiger partial charge in [-0.2, -0.15) is 14.7 Å². The highest BCUT2D eigenvalue weighted by Crippen LogP contribution is 2.31. The summed E-state index contributed by atoms with van der Waals surface area (Å²) in [5, 5.41) is 22.6. The third-order valence-electron chi connectivity index (χ3n) is 5.60. The third-order valence-corrected chi connectivity index (χ3v) is 5.60. The molecule has 5 rings (SSSR count). The molecule has 2 N–H and O–H groups in total. The summed E-state index contributed by atoms with van der Waals surface area (Å²) < 4.78 is 8.94. The second-order valence-electron chi connectivity index (χ2n) is 7.59. The molecule has 9 nitrogen and oxygen atoms in total. The van der Waals surface area contributed by atoms with E-state index in [1.54, 1.807) is 35.1 Å². The zero-order chi connectivity index (χ0) is 20.7. The molecule has 1 fully saturated rings. The number of amides is 1. The van der Waals surface area contributed by atoms with Gasteiger partial charge < -0.3 is 15.2 Å². The van der Waals surface area contributed by atoms with Crippen LogP contribution in [-0.4, -0.2) is 48.6 Å². The molecular weight excluding hydrogens is 384 g/mol. The Morgan fingerprint density at radius 3 is 3.07 bits per heavy atom. The largest absolute Gasteiger partial charge is 0.496 e. The maximum absolute atomic E-state index is 13.0. The molecule has 0 aliphatic heterocycles. The number of imidazole rings is 1. The molecule has 3 aromatic heterocycles. The number of rotatable bonds is 4. The van der Waals surface area contributed by atoms with Crippen LogP contribution in [0.5, 0.6) is 5.75 Å². The number of nitrogens with one attached hydrogen (secondary N) is 1. The molecule has 9 heteroatoms. The summed E-state index contributed by atoms with van der Waals surface area (Å²) in [5.74, 6) is 0.599. The van der Waals surface area contributed by atoms with Crippen LogP contribution in [0.15, 0.2) is 42.9 Å². The van der Waals surface area contributed by atoms with Gasteiger partial charge in [-0.25, -0.2) is 4.98 Å². The molecule has 4 aromatic rings. The lowest BCUT2D eigenvalue weighted by Gasteiger charge is -2.25. The molecule has 3 heterocycles. The van der Waals surface area contributed by atoms with Crippen molar-refractivity contribution in [2.45, 2.75) is 37.8 Å². The van der Waals surface area contributed by atoms with Crippen molar-refractivity contribution in [3.05, 3.63) is 48.4 Å². The first kappa shape index (κ1) is 18.6. The van der Waals surface area contributed by atoms with Gasteiger partial charge in [-0.15, -0.1) is 0 Å². The van der Waals surface area contributed by atoms with E-state index in [0.717, 1.165) is 30.2 Å². The number of carbonyl (C=O) groups excluding carboxylic acids is 1. The van der Waals surface area contributed by atoms with E-state index in [2.05, 4.69) is 20.5 Å². The Morgan fingerprint density at radius 1 is 1.33 bits per heavy atom. The molecule has 0 unspecified atom stereocenters. The second-order valence-corrected chi connectivity index (χ2v) is 7.59. The van der Waals surface area contributed by atoms with E-state index in [1.807, 2.05) is 16.9 Å². The van der Waals surface area contributed by atoms with Crippen molar-refractivity contribution in [3.63, 3.8) is 0 Å². The van der Waals surface area contributed by atoms with Gasteiger partial charge in [-0.1, -0.05) is 0 Å². The number of aromatic nitrogens is 5. The molecule has 1 aromatic carbocycles. The van der Waals surface area contributed by atoms with Crippen LogP contribution in [0.25, 0.3) is 16.6 Å². The van der Waals surface area contributed by atoms with E-state index in [9.17, 15) is 9.90 Å². The van der Waals surface area contributed by atoms with Gasteiger partial charge in [-0.05, 0) is 43.9 Å². The number of fused-ring (bicyclic) bond motifs is 2. The van der Waals surface area contributed by atoms with Crippen LogP contribution in [0.2, 0.25) is 0 Å². The van der Waals surface area contributed by atoms with Gasteiger partial charge in [0, 0.05) is 23.8 Å². The van der Waals surface area contributed by atoms with Crippen LogP contribution < -0.4 is 10.1 Å². The van der Waals surface area contributed by atoms with Crippen LogP contribution in [-0.2, 0) is 0 Å². The molecule has 1 aliphatic carbocycles. The number of hydrogen-bond donors (Lipinski definition) is 2. The number of hydrogen-bond acceptors (Lipinski definition) is 6. The number of benzene rings is 1. The Balaban J connectivity index is 1.47. The van der Waals surface area contributed by atoms with Crippen LogP contribution in [0.4, 0.5) is 5.82 Å². The minimum Gasteiger partial charge on any atom is -0.496 e.